The second-order valence-corrected chi connectivity index (χ2v) is 7.94. The number of carbonyl (C=O) groups is 2. The van der Waals surface area contributed by atoms with Gasteiger partial charge in [-0.2, -0.15) is 0 Å². The molecule has 2 aliphatic rings. The Morgan fingerprint density at radius 1 is 1.41 bits per heavy atom. The zero-order valence-electron chi connectivity index (χ0n) is 14.3. The summed E-state index contributed by atoms with van der Waals surface area (Å²) < 4.78 is 0. The summed E-state index contributed by atoms with van der Waals surface area (Å²) in [6, 6.07) is 6.11. The van der Waals surface area contributed by atoms with Gasteiger partial charge in [0.1, 0.15) is 10.7 Å². The quantitative estimate of drug-likeness (QED) is 0.637. The van der Waals surface area contributed by atoms with Gasteiger partial charge in [0.15, 0.2) is 0 Å². The molecule has 8 nitrogen and oxygen atoms in total. The maximum atomic E-state index is 12.8. The summed E-state index contributed by atoms with van der Waals surface area (Å²) in [5, 5.41) is 22.7. The Morgan fingerprint density at radius 2 is 2.22 bits per heavy atom. The molecule has 2 atom stereocenters. The molecule has 0 radical (unpaired) electrons. The van der Waals surface area contributed by atoms with Gasteiger partial charge in [0, 0.05) is 36.2 Å². The minimum Gasteiger partial charge on any atom is -0.481 e. The monoisotopic (exact) mass is 387 g/mol. The van der Waals surface area contributed by atoms with Crippen molar-refractivity contribution in [1.82, 2.24) is 9.88 Å². The molecule has 0 spiro atoms. The van der Waals surface area contributed by atoms with Crippen LogP contribution in [0.5, 0.6) is 0 Å². The molecule has 1 aliphatic carbocycles. The van der Waals surface area contributed by atoms with E-state index in [1.807, 2.05) is 0 Å². The molecule has 27 heavy (non-hydrogen) atoms. The summed E-state index contributed by atoms with van der Waals surface area (Å²) in [6.45, 7) is 0.657. The van der Waals surface area contributed by atoms with Crippen molar-refractivity contribution >= 4 is 28.9 Å². The van der Waals surface area contributed by atoms with Crippen molar-refractivity contribution in [3.05, 3.63) is 45.5 Å². The summed E-state index contributed by atoms with van der Waals surface area (Å²) in [6.07, 6.45) is 2.31. The lowest BCUT2D eigenvalue weighted by molar-refractivity contribution is -0.384. The number of carboxylic acid groups (broad SMARTS) is 1. The Morgan fingerprint density at radius 3 is 2.93 bits per heavy atom. The van der Waals surface area contributed by atoms with E-state index in [1.54, 1.807) is 22.4 Å². The second-order valence-electron chi connectivity index (χ2n) is 7.08. The molecule has 2 aromatic rings. The SMILES string of the molecule is O=C(c1csc(-c2cccc([N+](=O)[O-])c2)n1)N1C[C@@H]2CCC[C@@]2(C(=O)O)C1. The topological polar surface area (TPSA) is 114 Å². The molecular formula is C18H17N3O5S. The van der Waals surface area contributed by atoms with E-state index in [9.17, 15) is 24.8 Å². The third kappa shape index (κ3) is 2.87. The highest BCUT2D eigenvalue weighted by molar-refractivity contribution is 7.13. The van der Waals surface area contributed by atoms with Crippen LogP contribution in [0, 0.1) is 21.4 Å². The van der Waals surface area contributed by atoms with Crippen LogP contribution in [0.1, 0.15) is 29.8 Å². The number of non-ortho nitro benzene ring substituents is 1. The molecule has 0 bridgehead atoms. The molecule has 1 aromatic carbocycles. The number of aliphatic carboxylic acids is 1. The number of thiazole rings is 1. The smallest absolute Gasteiger partial charge is 0.311 e. The van der Waals surface area contributed by atoms with Gasteiger partial charge in [0.25, 0.3) is 11.6 Å². The van der Waals surface area contributed by atoms with E-state index in [0.717, 1.165) is 12.8 Å². The molecule has 1 saturated heterocycles. The van der Waals surface area contributed by atoms with Crippen LogP contribution in [0.15, 0.2) is 29.6 Å². The van der Waals surface area contributed by atoms with Crippen LogP contribution in [-0.2, 0) is 4.79 Å². The lowest BCUT2D eigenvalue weighted by Gasteiger charge is -2.23. The Bertz CT molecular complexity index is 943. The zero-order chi connectivity index (χ0) is 19.2. The Hall–Kier alpha value is -2.81. The fraction of sp³-hybridized carbons (Fsp3) is 0.389. The molecule has 2 heterocycles. The van der Waals surface area contributed by atoms with Gasteiger partial charge in [-0.15, -0.1) is 11.3 Å². The Labute approximate surface area is 158 Å². The highest BCUT2D eigenvalue weighted by atomic mass is 32.1. The number of carbonyl (C=O) groups excluding carboxylic acids is 1. The normalized spacial score (nSPS) is 24.0. The third-order valence-electron chi connectivity index (χ3n) is 5.61. The van der Waals surface area contributed by atoms with Crippen molar-refractivity contribution in [3.63, 3.8) is 0 Å². The molecule has 2 fully saturated rings. The number of amides is 1. The molecule has 1 N–H and O–H groups in total. The summed E-state index contributed by atoms with van der Waals surface area (Å²) in [7, 11) is 0. The summed E-state index contributed by atoms with van der Waals surface area (Å²) in [5.74, 6) is -1.11. The number of fused-ring (bicyclic) bond motifs is 1. The molecule has 1 aliphatic heterocycles. The van der Waals surface area contributed by atoms with Gasteiger partial charge in [-0.1, -0.05) is 18.6 Å². The molecule has 0 unspecified atom stereocenters. The van der Waals surface area contributed by atoms with Gasteiger partial charge >= 0.3 is 5.97 Å². The van der Waals surface area contributed by atoms with Gasteiger partial charge in [0.05, 0.1) is 10.3 Å². The van der Waals surface area contributed by atoms with Crippen LogP contribution in [0.25, 0.3) is 10.6 Å². The summed E-state index contributed by atoms with van der Waals surface area (Å²) >= 11 is 1.24. The first-order valence-corrected chi connectivity index (χ1v) is 9.52. The number of likely N-dealkylation sites (tertiary alicyclic amines) is 1. The van der Waals surface area contributed by atoms with Crippen molar-refractivity contribution in [2.24, 2.45) is 11.3 Å². The molecule has 1 saturated carbocycles. The van der Waals surface area contributed by atoms with Crippen LogP contribution < -0.4 is 0 Å². The van der Waals surface area contributed by atoms with Gasteiger partial charge < -0.3 is 10.0 Å². The standard InChI is InChI=1S/C18H17N3O5S/c22-16(20-8-12-4-2-6-18(12,10-20)17(23)24)14-9-27-15(19-14)11-3-1-5-13(7-11)21(25)26/h1,3,5,7,9,12H,2,4,6,8,10H2,(H,23,24)/t12-,18+/m0/s1. The average Bonchev–Trinajstić information content (AvgIpc) is 3.35. The van der Waals surface area contributed by atoms with E-state index in [-0.39, 0.29) is 29.8 Å². The Kier molecular flexibility index (Phi) is 4.18. The minimum atomic E-state index is -0.825. The molecule has 1 amide bonds. The zero-order valence-corrected chi connectivity index (χ0v) is 15.1. The molecule has 9 heteroatoms. The fourth-order valence-electron chi connectivity index (χ4n) is 4.21. The van der Waals surface area contributed by atoms with Crippen molar-refractivity contribution in [3.8, 4) is 10.6 Å². The number of benzene rings is 1. The maximum absolute atomic E-state index is 12.8. The van der Waals surface area contributed by atoms with Crippen molar-refractivity contribution < 1.29 is 19.6 Å². The van der Waals surface area contributed by atoms with E-state index in [0.29, 0.717) is 23.5 Å². The van der Waals surface area contributed by atoms with Gasteiger partial charge in [-0.3, -0.25) is 19.7 Å². The number of hydrogen-bond donors (Lipinski definition) is 1. The van der Waals surface area contributed by atoms with E-state index < -0.39 is 16.3 Å². The Balaban J connectivity index is 1.56. The number of nitrogens with zero attached hydrogens (tertiary/aromatic N) is 3. The first-order chi connectivity index (χ1) is 12.9. The lowest BCUT2D eigenvalue weighted by Crippen LogP contribution is -2.37. The number of nitro benzene ring substituents is 1. The number of hydrogen-bond acceptors (Lipinski definition) is 6. The van der Waals surface area contributed by atoms with Crippen LogP contribution >= 0.6 is 11.3 Å². The van der Waals surface area contributed by atoms with Crippen LogP contribution in [0.2, 0.25) is 0 Å². The van der Waals surface area contributed by atoms with Crippen molar-refractivity contribution in [2.45, 2.75) is 19.3 Å². The summed E-state index contributed by atoms with van der Waals surface area (Å²) in [5.41, 5.74) is -0.0314. The minimum absolute atomic E-state index is 0.00571. The van der Waals surface area contributed by atoms with Gasteiger partial charge in [-0.05, 0) is 18.8 Å². The van der Waals surface area contributed by atoms with E-state index in [1.165, 1.54) is 23.5 Å². The molecule has 1 aromatic heterocycles. The number of carboxylic acids is 1. The maximum Gasteiger partial charge on any atom is 0.311 e. The van der Waals surface area contributed by atoms with E-state index in [2.05, 4.69) is 4.98 Å². The van der Waals surface area contributed by atoms with Crippen LogP contribution in [0.3, 0.4) is 0 Å². The predicted octanol–water partition coefficient (Wildman–Crippen LogP) is 3.05. The number of aromatic nitrogens is 1. The highest BCUT2D eigenvalue weighted by Gasteiger charge is 2.56. The average molecular weight is 387 g/mol. The van der Waals surface area contributed by atoms with Gasteiger partial charge in [0.2, 0.25) is 0 Å². The van der Waals surface area contributed by atoms with Crippen LogP contribution in [0.4, 0.5) is 5.69 Å². The van der Waals surface area contributed by atoms with Crippen molar-refractivity contribution in [1.29, 1.82) is 0 Å². The number of rotatable bonds is 4. The summed E-state index contributed by atoms with van der Waals surface area (Å²) in [4.78, 5) is 41.0. The lowest BCUT2D eigenvalue weighted by atomic mass is 9.81. The van der Waals surface area contributed by atoms with Crippen LogP contribution in [-0.4, -0.2) is 44.9 Å². The largest absolute Gasteiger partial charge is 0.481 e. The first-order valence-electron chi connectivity index (χ1n) is 8.64. The third-order valence-corrected chi connectivity index (χ3v) is 6.50. The molecule has 4 rings (SSSR count). The second kappa shape index (κ2) is 6.41. The highest BCUT2D eigenvalue weighted by Crippen LogP contribution is 2.49. The van der Waals surface area contributed by atoms with E-state index in [4.69, 9.17) is 0 Å². The number of nitro groups is 1. The molecular weight excluding hydrogens is 370 g/mol. The fourth-order valence-corrected chi connectivity index (χ4v) is 5.00. The first kappa shape index (κ1) is 17.6. The van der Waals surface area contributed by atoms with E-state index >= 15 is 0 Å². The van der Waals surface area contributed by atoms with Gasteiger partial charge in [-0.25, -0.2) is 4.98 Å². The molecule has 140 valence electrons. The predicted molar refractivity (Wildman–Crippen MR) is 97.5 cm³/mol. The van der Waals surface area contributed by atoms with Crippen molar-refractivity contribution in [2.75, 3.05) is 13.1 Å².